The molecule has 0 saturated heterocycles. The molecule has 0 fully saturated rings. The van der Waals surface area contributed by atoms with Crippen LogP contribution in [-0.2, 0) is 0 Å². The predicted molar refractivity (Wildman–Crippen MR) is 108 cm³/mol. The van der Waals surface area contributed by atoms with Gasteiger partial charge in [-0.2, -0.15) is 0 Å². The first-order chi connectivity index (χ1) is 13.2. The molecule has 1 heterocycles. The zero-order valence-electron chi connectivity index (χ0n) is 15.7. The van der Waals surface area contributed by atoms with Crippen molar-refractivity contribution in [1.82, 2.24) is 4.98 Å². The Morgan fingerprint density at radius 2 is 1.78 bits per heavy atom. The first-order valence-corrected chi connectivity index (χ1v) is 9.28. The molecule has 142 valence electrons. The number of nitrogens with zero attached hydrogens (tertiary/aromatic N) is 2. The maximum atomic E-state index is 13.0. The minimum Gasteiger partial charge on any atom is -0.484 e. The average Bonchev–Trinajstić information content (AvgIpc) is 2.73. The molecule has 3 rings (SSSR count). The van der Waals surface area contributed by atoms with Gasteiger partial charge in [-0.3, -0.25) is 0 Å². The highest BCUT2D eigenvalue weighted by atomic mass is 19.1. The van der Waals surface area contributed by atoms with Gasteiger partial charge in [0.05, 0.1) is 17.8 Å². The number of aromatic nitrogens is 1. The fourth-order valence-electron chi connectivity index (χ4n) is 3.12. The molecule has 2 aromatic carbocycles. The maximum Gasteiger partial charge on any atom is 0.150 e. The summed E-state index contributed by atoms with van der Waals surface area (Å²) >= 11 is 0. The molecule has 3 aromatic rings. The first-order valence-electron chi connectivity index (χ1n) is 9.28. The number of rotatable bonds is 8. The van der Waals surface area contributed by atoms with Crippen LogP contribution in [-0.4, -0.2) is 42.6 Å². The summed E-state index contributed by atoms with van der Waals surface area (Å²) in [7, 11) is 0. The molecule has 1 aromatic heterocycles. The Kier molecular flexibility index (Phi) is 6.24. The van der Waals surface area contributed by atoms with Gasteiger partial charge in [-0.1, -0.05) is 24.3 Å². The number of fused-ring (bicyclic) bond motifs is 1. The number of alkyl halides is 1. The van der Waals surface area contributed by atoms with Crippen LogP contribution in [0.4, 0.5) is 10.1 Å². The van der Waals surface area contributed by atoms with Gasteiger partial charge in [0.2, 0.25) is 0 Å². The number of para-hydroxylation sites is 1. The van der Waals surface area contributed by atoms with E-state index < -0.39 is 12.8 Å². The average molecular weight is 368 g/mol. The van der Waals surface area contributed by atoms with Crippen molar-refractivity contribution < 1.29 is 14.2 Å². The standard InChI is InChI=1S/C22H25FN2O2/c1-3-25(4-2)17-11-9-16(10-12-17)21-13-22(27-18(14-23)15-26)19-7-5-6-8-20(19)24-21/h5-13,18,26H,3-4,14-15H2,1-2H3. The molecule has 0 aliphatic heterocycles. The zero-order valence-corrected chi connectivity index (χ0v) is 15.7. The monoisotopic (exact) mass is 368 g/mol. The minimum atomic E-state index is -0.881. The van der Waals surface area contributed by atoms with Gasteiger partial charge in [0.1, 0.15) is 18.5 Å². The van der Waals surface area contributed by atoms with Gasteiger partial charge in [0, 0.05) is 35.8 Å². The van der Waals surface area contributed by atoms with E-state index >= 15 is 0 Å². The van der Waals surface area contributed by atoms with E-state index in [1.165, 1.54) is 5.69 Å². The normalized spacial score (nSPS) is 12.1. The van der Waals surface area contributed by atoms with Crippen LogP contribution in [0, 0.1) is 0 Å². The van der Waals surface area contributed by atoms with Crippen LogP contribution >= 0.6 is 0 Å². The van der Waals surface area contributed by atoms with E-state index in [0.29, 0.717) is 5.75 Å². The van der Waals surface area contributed by atoms with E-state index in [9.17, 15) is 9.50 Å². The second-order valence-electron chi connectivity index (χ2n) is 6.32. The van der Waals surface area contributed by atoms with Crippen LogP contribution < -0.4 is 9.64 Å². The molecule has 1 N–H and O–H groups in total. The molecule has 0 amide bonds. The Balaban J connectivity index is 2.01. The summed E-state index contributed by atoms with van der Waals surface area (Å²) in [6, 6.07) is 17.6. The second-order valence-corrected chi connectivity index (χ2v) is 6.32. The molecule has 0 aliphatic rings. The van der Waals surface area contributed by atoms with Gasteiger partial charge < -0.3 is 14.7 Å². The molecular weight excluding hydrogens is 343 g/mol. The van der Waals surface area contributed by atoms with Gasteiger partial charge >= 0.3 is 0 Å². The number of pyridine rings is 1. The first kappa shape index (κ1) is 19.1. The van der Waals surface area contributed by atoms with Crippen molar-refractivity contribution >= 4 is 16.6 Å². The summed E-state index contributed by atoms with van der Waals surface area (Å²) in [6.07, 6.45) is -0.881. The van der Waals surface area contributed by atoms with Crippen molar-refractivity contribution in [2.75, 3.05) is 31.3 Å². The van der Waals surface area contributed by atoms with Gasteiger partial charge in [0.25, 0.3) is 0 Å². The fraction of sp³-hybridized carbons (Fsp3) is 0.318. The van der Waals surface area contributed by atoms with Gasteiger partial charge in [-0.15, -0.1) is 0 Å². The van der Waals surface area contributed by atoms with Crippen LogP contribution in [0.2, 0.25) is 0 Å². The van der Waals surface area contributed by atoms with Gasteiger partial charge in [0.15, 0.2) is 0 Å². The molecule has 0 aliphatic carbocycles. The molecule has 0 spiro atoms. The van der Waals surface area contributed by atoms with Crippen LogP contribution in [0.25, 0.3) is 22.2 Å². The number of halogens is 1. The largest absolute Gasteiger partial charge is 0.484 e. The number of aliphatic hydroxyl groups excluding tert-OH is 1. The van der Waals surface area contributed by atoms with Gasteiger partial charge in [-0.25, -0.2) is 9.37 Å². The smallest absolute Gasteiger partial charge is 0.150 e. The molecular formula is C22H25FN2O2. The number of ether oxygens (including phenoxy) is 1. The molecule has 1 atom stereocenters. The van der Waals surface area contributed by atoms with E-state index in [2.05, 4.69) is 30.9 Å². The lowest BCUT2D eigenvalue weighted by molar-refractivity contribution is 0.0944. The summed E-state index contributed by atoms with van der Waals surface area (Å²) in [5.74, 6) is 0.528. The maximum absolute atomic E-state index is 13.0. The van der Waals surface area contributed by atoms with Crippen LogP contribution in [0.15, 0.2) is 54.6 Å². The number of aliphatic hydroxyl groups is 1. The highest BCUT2D eigenvalue weighted by Gasteiger charge is 2.14. The zero-order chi connectivity index (χ0) is 19.2. The summed E-state index contributed by atoms with van der Waals surface area (Å²) in [6.45, 7) is 5.05. The minimum absolute atomic E-state index is 0.374. The Hall–Kier alpha value is -2.66. The summed E-state index contributed by atoms with van der Waals surface area (Å²) in [4.78, 5) is 7.01. The Labute approximate surface area is 159 Å². The van der Waals surface area contributed by atoms with Crippen molar-refractivity contribution in [1.29, 1.82) is 0 Å². The third-order valence-electron chi connectivity index (χ3n) is 4.64. The number of hydrogen-bond acceptors (Lipinski definition) is 4. The third kappa shape index (κ3) is 4.19. The SMILES string of the molecule is CCN(CC)c1ccc(-c2cc(OC(CO)CF)c3ccccc3n2)cc1. The Morgan fingerprint density at radius 1 is 1.07 bits per heavy atom. The van der Waals surface area contributed by atoms with E-state index in [1.54, 1.807) is 0 Å². The van der Waals surface area contributed by atoms with E-state index in [1.807, 2.05) is 42.5 Å². The van der Waals surface area contributed by atoms with E-state index in [-0.39, 0.29) is 6.61 Å². The Bertz CT molecular complexity index is 875. The third-order valence-corrected chi connectivity index (χ3v) is 4.64. The molecule has 1 unspecified atom stereocenters. The van der Waals surface area contributed by atoms with Crippen LogP contribution in [0.5, 0.6) is 5.75 Å². The lowest BCUT2D eigenvalue weighted by atomic mass is 10.1. The van der Waals surface area contributed by atoms with Gasteiger partial charge in [-0.05, 0) is 38.1 Å². The summed E-state index contributed by atoms with van der Waals surface area (Å²) < 4.78 is 18.8. The number of anilines is 1. The lowest BCUT2D eigenvalue weighted by Gasteiger charge is -2.21. The van der Waals surface area contributed by atoms with Crippen molar-refractivity contribution in [3.63, 3.8) is 0 Å². The molecule has 0 saturated carbocycles. The van der Waals surface area contributed by atoms with Crippen LogP contribution in [0.3, 0.4) is 0 Å². The van der Waals surface area contributed by atoms with Crippen molar-refractivity contribution in [3.8, 4) is 17.0 Å². The fourth-order valence-corrected chi connectivity index (χ4v) is 3.12. The highest BCUT2D eigenvalue weighted by Crippen LogP contribution is 2.31. The van der Waals surface area contributed by atoms with Crippen molar-refractivity contribution in [2.24, 2.45) is 0 Å². The quantitative estimate of drug-likeness (QED) is 0.638. The molecule has 0 bridgehead atoms. The highest BCUT2D eigenvalue weighted by molar-refractivity contribution is 5.88. The van der Waals surface area contributed by atoms with Crippen molar-refractivity contribution in [3.05, 3.63) is 54.6 Å². The van der Waals surface area contributed by atoms with E-state index in [0.717, 1.165) is 35.2 Å². The van der Waals surface area contributed by atoms with Crippen LogP contribution in [0.1, 0.15) is 13.8 Å². The molecule has 0 radical (unpaired) electrons. The summed E-state index contributed by atoms with van der Waals surface area (Å²) in [5, 5.41) is 10.1. The number of hydrogen-bond donors (Lipinski definition) is 1. The number of benzene rings is 2. The van der Waals surface area contributed by atoms with E-state index in [4.69, 9.17) is 9.72 Å². The second kappa shape index (κ2) is 8.82. The molecule has 4 nitrogen and oxygen atoms in total. The topological polar surface area (TPSA) is 45.6 Å². The summed E-state index contributed by atoms with van der Waals surface area (Å²) in [5.41, 5.74) is 3.65. The lowest BCUT2D eigenvalue weighted by Crippen LogP contribution is -2.23. The Morgan fingerprint density at radius 3 is 2.41 bits per heavy atom. The van der Waals surface area contributed by atoms with Crippen molar-refractivity contribution in [2.45, 2.75) is 20.0 Å². The predicted octanol–water partition coefficient (Wildman–Crippen LogP) is 4.46. The molecule has 5 heteroatoms. The molecule has 27 heavy (non-hydrogen) atoms.